The zero-order valence-corrected chi connectivity index (χ0v) is 8.55. The number of hydrogen-bond donors (Lipinski definition) is 0. The molecule has 16 heavy (non-hydrogen) atoms. The molecule has 1 unspecified atom stereocenters. The summed E-state index contributed by atoms with van der Waals surface area (Å²) in [4.78, 5) is 34.4. The summed E-state index contributed by atoms with van der Waals surface area (Å²) in [5, 5.41) is 0. The molecule has 0 aromatic heterocycles. The minimum atomic E-state index is -0.792. The van der Waals surface area contributed by atoms with Crippen LogP contribution >= 0.6 is 0 Å². The molecule has 0 saturated heterocycles. The lowest BCUT2D eigenvalue weighted by Gasteiger charge is -2.13. The highest BCUT2D eigenvalue weighted by Crippen LogP contribution is 2.17. The van der Waals surface area contributed by atoms with Crippen LogP contribution in [0.3, 0.4) is 0 Å². The molecular formula is C13H10O3. The molecule has 1 aliphatic rings. The van der Waals surface area contributed by atoms with Crippen LogP contribution in [0.5, 0.6) is 0 Å². The van der Waals surface area contributed by atoms with Gasteiger partial charge >= 0.3 is 0 Å². The zero-order chi connectivity index (χ0) is 11.5. The van der Waals surface area contributed by atoms with Crippen molar-refractivity contribution in [2.75, 3.05) is 0 Å². The molecule has 1 atom stereocenters. The van der Waals surface area contributed by atoms with E-state index in [1.54, 1.807) is 30.3 Å². The van der Waals surface area contributed by atoms with Crippen molar-refractivity contribution in [2.24, 2.45) is 5.92 Å². The zero-order valence-electron chi connectivity index (χ0n) is 8.55. The van der Waals surface area contributed by atoms with E-state index in [0.29, 0.717) is 5.56 Å². The molecule has 80 valence electrons. The summed E-state index contributed by atoms with van der Waals surface area (Å²) in [7, 11) is 0. The first-order chi connectivity index (χ1) is 7.68. The molecule has 3 nitrogen and oxygen atoms in total. The third kappa shape index (κ3) is 1.98. The van der Waals surface area contributed by atoms with Gasteiger partial charge in [-0.2, -0.15) is 0 Å². The first-order valence-electron chi connectivity index (χ1n) is 5.01. The van der Waals surface area contributed by atoms with E-state index < -0.39 is 5.92 Å². The van der Waals surface area contributed by atoms with Gasteiger partial charge in [-0.1, -0.05) is 36.4 Å². The molecule has 1 aromatic carbocycles. The van der Waals surface area contributed by atoms with Crippen LogP contribution in [-0.2, 0) is 9.59 Å². The summed E-state index contributed by atoms with van der Waals surface area (Å²) in [6.07, 6.45) is 2.54. The molecule has 0 bridgehead atoms. The van der Waals surface area contributed by atoms with Crippen molar-refractivity contribution in [3.63, 3.8) is 0 Å². The lowest BCUT2D eigenvalue weighted by molar-refractivity contribution is -0.126. The Kier molecular flexibility index (Phi) is 2.77. The number of benzene rings is 1. The summed E-state index contributed by atoms with van der Waals surface area (Å²) < 4.78 is 0. The van der Waals surface area contributed by atoms with Crippen LogP contribution in [-0.4, -0.2) is 17.3 Å². The van der Waals surface area contributed by atoms with E-state index in [0.717, 1.165) is 0 Å². The van der Waals surface area contributed by atoms with Gasteiger partial charge in [-0.05, 0) is 6.08 Å². The summed E-state index contributed by atoms with van der Waals surface area (Å²) in [5.74, 6) is -1.59. The largest absolute Gasteiger partial charge is 0.298 e. The predicted octanol–water partition coefficient (Wildman–Crippen LogP) is 1.58. The highest BCUT2D eigenvalue weighted by atomic mass is 16.2. The molecule has 0 aliphatic heterocycles. The molecular weight excluding hydrogens is 204 g/mol. The van der Waals surface area contributed by atoms with Crippen molar-refractivity contribution in [3.8, 4) is 0 Å². The lowest BCUT2D eigenvalue weighted by Crippen LogP contribution is -2.27. The van der Waals surface area contributed by atoms with Crippen LogP contribution in [0.25, 0.3) is 0 Å². The van der Waals surface area contributed by atoms with Gasteiger partial charge in [0.1, 0.15) is 0 Å². The third-order valence-electron chi connectivity index (χ3n) is 2.51. The second-order valence-electron chi connectivity index (χ2n) is 3.68. The van der Waals surface area contributed by atoms with Crippen LogP contribution < -0.4 is 0 Å². The van der Waals surface area contributed by atoms with Gasteiger partial charge in [-0.25, -0.2) is 0 Å². The normalized spacial score (nSPS) is 19.9. The standard InChI is InChI=1S/C13H10O3/c14-10-6-7-11(12(15)8-10)13(16)9-4-2-1-3-5-9/h1-7,11H,8H2. The van der Waals surface area contributed by atoms with Crippen molar-refractivity contribution >= 4 is 17.3 Å². The van der Waals surface area contributed by atoms with Gasteiger partial charge in [-0.15, -0.1) is 0 Å². The SMILES string of the molecule is O=C1C=CC(C(=O)c2ccccc2)C(=O)C1. The maximum Gasteiger partial charge on any atom is 0.177 e. The van der Waals surface area contributed by atoms with E-state index in [9.17, 15) is 14.4 Å². The number of rotatable bonds is 2. The van der Waals surface area contributed by atoms with Crippen LogP contribution in [0.15, 0.2) is 42.5 Å². The Morgan fingerprint density at radius 2 is 1.81 bits per heavy atom. The minimum Gasteiger partial charge on any atom is -0.298 e. The van der Waals surface area contributed by atoms with Crippen molar-refractivity contribution in [1.29, 1.82) is 0 Å². The fourth-order valence-corrected chi connectivity index (χ4v) is 1.67. The molecule has 0 amide bonds. The summed E-state index contributed by atoms with van der Waals surface area (Å²) in [6.45, 7) is 0. The molecule has 0 heterocycles. The predicted molar refractivity (Wildman–Crippen MR) is 58.0 cm³/mol. The van der Waals surface area contributed by atoms with Crippen molar-refractivity contribution in [1.82, 2.24) is 0 Å². The minimum absolute atomic E-state index is 0.167. The van der Waals surface area contributed by atoms with Crippen LogP contribution in [0, 0.1) is 5.92 Å². The highest BCUT2D eigenvalue weighted by Gasteiger charge is 2.28. The number of hydrogen-bond acceptors (Lipinski definition) is 3. The Morgan fingerprint density at radius 3 is 2.44 bits per heavy atom. The van der Waals surface area contributed by atoms with E-state index in [4.69, 9.17) is 0 Å². The average Bonchev–Trinajstić information content (AvgIpc) is 2.29. The average molecular weight is 214 g/mol. The monoisotopic (exact) mass is 214 g/mol. The molecule has 0 spiro atoms. The number of carbonyl (C=O) groups is 3. The number of ketones is 3. The molecule has 0 radical (unpaired) electrons. The maximum absolute atomic E-state index is 11.9. The van der Waals surface area contributed by atoms with Gasteiger partial charge in [0.05, 0.1) is 12.3 Å². The van der Waals surface area contributed by atoms with Gasteiger partial charge in [0, 0.05) is 5.56 Å². The van der Waals surface area contributed by atoms with Gasteiger partial charge < -0.3 is 0 Å². The highest BCUT2D eigenvalue weighted by molar-refractivity contribution is 6.19. The first kappa shape index (κ1) is 10.5. The molecule has 0 N–H and O–H groups in total. The van der Waals surface area contributed by atoms with Gasteiger partial charge in [0.25, 0.3) is 0 Å². The number of allylic oxidation sites excluding steroid dienone is 2. The molecule has 3 heteroatoms. The van der Waals surface area contributed by atoms with Gasteiger partial charge in [0.15, 0.2) is 17.3 Å². The molecule has 0 saturated carbocycles. The smallest absolute Gasteiger partial charge is 0.177 e. The van der Waals surface area contributed by atoms with Crippen LogP contribution in [0.4, 0.5) is 0 Å². The van der Waals surface area contributed by atoms with E-state index in [1.165, 1.54) is 12.2 Å². The second kappa shape index (κ2) is 4.23. The van der Waals surface area contributed by atoms with E-state index in [2.05, 4.69) is 0 Å². The topological polar surface area (TPSA) is 51.2 Å². The lowest BCUT2D eigenvalue weighted by atomic mass is 9.87. The Morgan fingerprint density at radius 1 is 1.12 bits per heavy atom. The van der Waals surface area contributed by atoms with Crippen molar-refractivity contribution in [2.45, 2.75) is 6.42 Å². The quantitative estimate of drug-likeness (QED) is 0.554. The maximum atomic E-state index is 11.9. The Bertz CT molecular complexity index is 471. The Hall–Kier alpha value is -2.03. The van der Waals surface area contributed by atoms with E-state index in [-0.39, 0.29) is 23.8 Å². The van der Waals surface area contributed by atoms with Crippen molar-refractivity contribution < 1.29 is 14.4 Å². The molecule has 2 rings (SSSR count). The van der Waals surface area contributed by atoms with E-state index in [1.807, 2.05) is 0 Å². The van der Waals surface area contributed by atoms with E-state index >= 15 is 0 Å². The van der Waals surface area contributed by atoms with Gasteiger partial charge in [-0.3, -0.25) is 14.4 Å². The van der Waals surface area contributed by atoms with Gasteiger partial charge in [0.2, 0.25) is 0 Å². The summed E-state index contributed by atoms with van der Waals surface area (Å²) >= 11 is 0. The molecule has 1 aromatic rings. The number of carbonyl (C=O) groups excluding carboxylic acids is 3. The van der Waals surface area contributed by atoms with Crippen molar-refractivity contribution in [3.05, 3.63) is 48.0 Å². The Labute approximate surface area is 92.8 Å². The van der Waals surface area contributed by atoms with Crippen LogP contribution in [0.1, 0.15) is 16.8 Å². The Balaban J connectivity index is 2.27. The summed E-state index contributed by atoms with van der Waals surface area (Å²) in [5.41, 5.74) is 0.500. The van der Waals surface area contributed by atoms with Crippen LogP contribution in [0.2, 0.25) is 0 Å². The molecule has 0 fully saturated rings. The number of Topliss-reactive ketones (excluding diaryl/α,β-unsaturated/α-hetero) is 2. The first-order valence-corrected chi connectivity index (χ1v) is 5.01. The molecule has 1 aliphatic carbocycles. The fourth-order valence-electron chi connectivity index (χ4n) is 1.67. The third-order valence-corrected chi connectivity index (χ3v) is 2.51. The second-order valence-corrected chi connectivity index (χ2v) is 3.68. The fraction of sp³-hybridized carbons (Fsp3) is 0.154. The summed E-state index contributed by atoms with van der Waals surface area (Å²) in [6, 6.07) is 8.63.